The van der Waals surface area contributed by atoms with Crippen molar-refractivity contribution in [1.82, 2.24) is 5.32 Å². The number of carbonyl (C=O) groups is 1. The summed E-state index contributed by atoms with van der Waals surface area (Å²) < 4.78 is 0. The van der Waals surface area contributed by atoms with Crippen molar-refractivity contribution in [2.45, 2.75) is 26.2 Å². The Morgan fingerprint density at radius 2 is 2.06 bits per heavy atom. The lowest BCUT2D eigenvalue weighted by atomic mass is 10.1. The van der Waals surface area contributed by atoms with E-state index >= 15 is 0 Å². The van der Waals surface area contributed by atoms with Crippen molar-refractivity contribution in [2.75, 3.05) is 13.1 Å². The lowest BCUT2D eigenvalue weighted by Crippen LogP contribution is -2.26. The third-order valence-corrected chi connectivity index (χ3v) is 3.17. The highest BCUT2D eigenvalue weighted by molar-refractivity contribution is 6.30. The summed E-state index contributed by atoms with van der Waals surface area (Å²) in [6, 6.07) is 7.68. The number of hydrogen-bond donors (Lipinski definition) is 2. The molecule has 0 spiro atoms. The molecule has 1 aromatic rings. The number of nitrogens with one attached hydrogen (secondary N) is 1. The minimum atomic E-state index is 0.101. The van der Waals surface area contributed by atoms with Crippen molar-refractivity contribution in [3.8, 4) is 0 Å². The second-order valence-electron chi connectivity index (χ2n) is 4.61. The molecule has 0 saturated carbocycles. The van der Waals surface area contributed by atoms with Crippen LogP contribution in [0.1, 0.15) is 25.3 Å². The molecular weight excluding hydrogens is 248 g/mol. The molecule has 1 amide bonds. The van der Waals surface area contributed by atoms with E-state index in [1.807, 2.05) is 24.3 Å². The molecule has 3 nitrogen and oxygen atoms in total. The fourth-order valence-corrected chi connectivity index (χ4v) is 1.71. The molecule has 18 heavy (non-hydrogen) atoms. The summed E-state index contributed by atoms with van der Waals surface area (Å²) in [6.07, 6.45) is 2.23. The predicted octanol–water partition coefficient (Wildman–Crippen LogP) is 2.37. The van der Waals surface area contributed by atoms with E-state index in [2.05, 4.69) is 12.2 Å². The maximum Gasteiger partial charge on any atom is 0.220 e. The van der Waals surface area contributed by atoms with Gasteiger partial charge < -0.3 is 11.1 Å². The molecule has 0 aromatic heterocycles. The molecule has 0 aliphatic rings. The summed E-state index contributed by atoms with van der Waals surface area (Å²) in [7, 11) is 0. The average molecular weight is 269 g/mol. The Morgan fingerprint density at radius 3 is 2.67 bits per heavy atom. The van der Waals surface area contributed by atoms with E-state index in [4.69, 9.17) is 17.3 Å². The highest BCUT2D eigenvalue weighted by Crippen LogP contribution is 2.09. The summed E-state index contributed by atoms with van der Waals surface area (Å²) >= 11 is 5.80. The molecule has 100 valence electrons. The standard InChI is InChI=1S/C14H21ClN2O/c1-11(10-16)2-7-14(18)17-9-8-12-3-5-13(15)6-4-12/h3-6,11H,2,7-10,16H2,1H3,(H,17,18). The van der Waals surface area contributed by atoms with Gasteiger partial charge in [-0.3, -0.25) is 4.79 Å². The van der Waals surface area contributed by atoms with E-state index in [0.29, 0.717) is 25.4 Å². The topological polar surface area (TPSA) is 55.1 Å². The van der Waals surface area contributed by atoms with Gasteiger partial charge in [0, 0.05) is 18.0 Å². The summed E-state index contributed by atoms with van der Waals surface area (Å²) in [5.74, 6) is 0.510. The Hall–Kier alpha value is -1.06. The predicted molar refractivity (Wildman–Crippen MR) is 75.6 cm³/mol. The van der Waals surface area contributed by atoms with Crippen LogP contribution in [0.5, 0.6) is 0 Å². The first-order valence-electron chi connectivity index (χ1n) is 6.33. The molecule has 1 unspecified atom stereocenters. The number of hydrogen-bond acceptors (Lipinski definition) is 2. The fraction of sp³-hybridized carbons (Fsp3) is 0.500. The Kier molecular flexibility index (Phi) is 6.76. The van der Waals surface area contributed by atoms with E-state index in [-0.39, 0.29) is 5.91 Å². The van der Waals surface area contributed by atoms with Crippen molar-refractivity contribution in [3.05, 3.63) is 34.9 Å². The maximum atomic E-state index is 11.5. The first-order valence-corrected chi connectivity index (χ1v) is 6.71. The zero-order valence-electron chi connectivity index (χ0n) is 10.8. The van der Waals surface area contributed by atoms with Crippen molar-refractivity contribution in [1.29, 1.82) is 0 Å². The van der Waals surface area contributed by atoms with Crippen LogP contribution >= 0.6 is 11.6 Å². The second-order valence-corrected chi connectivity index (χ2v) is 5.04. The van der Waals surface area contributed by atoms with Crippen molar-refractivity contribution >= 4 is 17.5 Å². The van der Waals surface area contributed by atoms with Gasteiger partial charge in [0.05, 0.1) is 0 Å². The van der Waals surface area contributed by atoms with Crippen molar-refractivity contribution in [2.24, 2.45) is 11.7 Å². The lowest BCUT2D eigenvalue weighted by Gasteiger charge is -2.08. The van der Waals surface area contributed by atoms with Crippen molar-refractivity contribution < 1.29 is 4.79 Å². The zero-order valence-corrected chi connectivity index (χ0v) is 11.5. The van der Waals surface area contributed by atoms with E-state index in [0.717, 1.165) is 17.9 Å². The van der Waals surface area contributed by atoms with Gasteiger partial charge in [-0.05, 0) is 43.0 Å². The molecule has 0 radical (unpaired) electrons. The van der Waals surface area contributed by atoms with Gasteiger partial charge in [0.2, 0.25) is 5.91 Å². The molecule has 0 fully saturated rings. The monoisotopic (exact) mass is 268 g/mol. The van der Waals surface area contributed by atoms with Crippen LogP contribution < -0.4 is 11.1 Å². The van der Waals surface area contributed by atoms with Gasteiger partial charge in [0.25, 0.3) is 0 Å². The molecule has 1 aromatic carbocycles. The minimum Gasteiger partial charge on any atom is -0.356 e. The van der Waals surface area contributed by atoms with E-state index < -0.39 is 0 Å². The van der Waals surface area contributed by atoms with Crippen LogP contribution in [0.15, 0.2) is 24.3 Å². The Bertz CT molecular complexity index is 365. The molecule has 0 heterocycles. The van der Waals surface area contributed by atoms with Crippen LogP contribution in [0.2, 0.25) is 5.02 Å². The van der Waals surface area contributed by atoms with Crippen LogP contribution in [0.25, 0.3) is 0 Å². The third kappa shape index (κ3) is 6.03. The van der Waals surface area contributed by atoms with Gasteiger partial charge >= 0.3 is 0 Å². The van der Waals surface area contributed by atoms with Gasteiger partial charge in [-0.2, -0.15) is 0 Å². The Morgan fingerprint density at radius 1 is 1.39 bits per heavy atom. The first-order chi connectivity index (χ1) is 8.61. The van der Waals surface area contributed by atoms with Crippen LogP contribution in [0, 0.1) is 5.92 Å². The lowest BCUT2D eigenvalue weighted by molar-refractivity contribution is -0.121. The maximum absolute atomic E-state index is 11.5. The molecule has 3 N–H and O–H groups in total. The van der Waals surface area contributed by atoms with Gasteiger partial charge in [-0.25, -0.2) is 0 Å². The number of nitrogens with two attached hydrogens (primary N) is 1. The highest BCUT2D eigenvalue weighted by atomic mass is 35.5. The summed E-state index contributed by atoms with van der Waals surface area (Å²) in [4.78, 5) is 11.5. The summed E-state index contributed by atoms with van der Waals surface area (Å²) in [6.45, 7) is 3.36. The number of benzene rings is 1. The van der Waals surface area contributed by atoms with Gasteiger partial charge in [0.15, 0.2) is 0 Å². The van der Waals surface area contributed by atoms with Crippen molar-refractivity contribution in [3.63, 3.8) is 0 Å². The molecule has 0 saturated heterocycles. The second kappa shape index (κ2) is 8.11. The number of halogens is 1. The largest absolute Gasteiger partial charge is 0.356 e. The molecule has 0 aliphatic carbocycles. The molecule has 1 atom stereocenters. The molecule has 0 aliphatic heterocycles. The van der Waals surface area contributed by atoms with Gasteiger partial charge in [-0.15, -0.1) is 0 Å². The summed E-state index contributed by atoms with van der Waals surface area (Å²) in [5.41, 5.74) is 6.68. The SMILES string of the molecule is CC(CN)CCC(=O)NCCc1ccc(Cl)cc1. The van der Waals surface area contributed by atoms with E-state index in [1.165, 1.54) is 5.56 Å². The quantitative estimate of drug-likeness (QED) is 0.798. The third-order valence-electron chi connectivity index (χ3n) is 2.92. The Balaban J connectivity index is 2.17. The van der Waals surface area contributed by atoms with E-state index in [1.54, 1.807) is 0 Å². The fourth-order valence-electron chi connectivity index (χ4n) is 1.58. The van der Waals surface area contributed by atoms with Crippen LogP contribution in [-0.4, -0.2) is 19.0 Å². The van der Waals surface area contributed by atoms with Crippen LogP contribution in [-0.2, 0) is 11.2 Å². The number of rotatable bonds is 7. The zero-order chi connectivity index (χ0) is 13.4. The first kappa shape index (κ1) is 15.0. The van der Waals surface area contributed by atoms with Gasteiger partial charge in [-0.1, -0.05) is 30.7 Å². The summed E-state index contributed by atoms with van der Waals surface area (Å²) in [5, 5.41) is 3.65. The number of amides is 1. The molecular formula is C14H21ClN2O. The molecule has 4 heteroatoms. The normalized spacial score (nSPS) is 12.2. The number of carbonyl (C=O) groups excluding carboxylic acids is 1. The molecule has 0 bridgehead atoms. The average Bonchev–Trinajstić information content (AvgIpc) is 2.38. The Labute approximate surface area is 114 Å². The smallest absolute Gasteiger partial charge is 0.220 e. The highest BCUT2D eigenvalue weighted by Gasteiger charge is 2.04. The van der Waals surface area contributed by atoms with Crippen LogP contribution in [0.3, 0.4) is 0 Å². The van der Waals surface area contributed by atoms with Crippen LogP contribution in [0.4, 0.5) is 0 Å². The minimum absolute atomic E-state index is 0.101. The van der Waals surface area contributed by atoms with E-state index in [9.17, 15) is 4.79 Å². The molecule has 1 rings (SSSR count). The van der Waals surface area contributed by atoms with Gasteiger partial charge in [0.1, 0.15) is 0 Å².